The number of carbonyl (C=O) groups is 1. The minimum Gasteiger partial charge on any atom is -0.396 e. The van der Waals surface area contributed by atoms with Crippen molar-refractivity contribution < 1.29 is 9.90 Å². The first-order chi connectivity index (χ1) is 8.56. The maximum absolute atomic E-state index is 11.7. The molecule has 18 heavy (non-hydrogen) atoms. The lowest BCUT2D eigenvalue weighted by Gasteiger charge is -2.13. The second-order valence-electron chi connectivity index (χ2n) is 4.00. The van der Waals surface area contributed by atoms with Crippen LogP contribution in [-0.2, 0) is 0 Å². The summed E-state index contributed by atoms with van der Waals surface area (Å²) in [5.41, 5.74) is -1.40. The van der Waals surface area contributed by atoms with Crippen LogP contribution < -0.4 is 16.6 Å². The van der Waals surface area contributed by atoms with Gasteiger partial charge in [-0.2, -0.15) is 0 Å². The lowest BCUT2D eigenvalue weighted by atomic mass is 10.0. The molecule has 0 saturated carbocycles. The van der Waals surface area contributed by atoms with Gasteiger partial charge >= 0.3 is 5.69 Å². The zero-order valence-corrected chi connectivity index (χ0v) is 10.2. The highest BCUT2D eigenvalue weighted by molar-refractivity contribution is 5.91. The molecule has 1 aromatic rings. The Kier molecular flexibility index (Phi) is 5.31. The summed E-state index contributed by atoms with van der Waals surface area (Å²) in [5, 5.41) is 11.4. The summed E-state index contributed by atoms with van der Waals surface area (Å²) in [6, 6.07) is 1.03. The first kappa shape index (κ1) is 14.2. The van der Waals surface area contributed by atoms with Gasteiger partial charge in [-0.05, 0) is 12.3 Å². The Bertz CT molecular complexity index is 477. The van der Waals surface area contributed by atoms with Crippen molar-refractivity contribution in [2.75, 3.05) is 13.2 Å². The van der Waals surface area contributed by atoms with Gasteiger partial charge in [0.05, 0.1) is 0 Å². The Morgan fingerprint density at radius 2 is 2.17 bits per heavy atom. The van der Waals surface area contributed by atoms with Crippen LogP contribution in [0.1, 0.15) is 30.3 Å². The van der Waals surface area contributed by atoms with Crippen LogP contribution in [0.5, 0.6) is 0 Å². The highest BCUT2D eigenvalue weighted by Crippen LogP contribution is 2.05. The molecule has 1 aromatic heterocycles. The molecule has 0 aromatic carbocycles. The largest absolute Gasteiger partial charge is 0.396 e. The summed E-state index contributed by atoms with van der Waals surface area (Å²) >= 11 is 0. The molecule has 0 spiro atoms. The molecular weight excluding hydrogens is 238 g/mol. The van der Waals surface area contributed by atoms with Crippen LogP contribution in [0.25, 0.3) is 0 Å². The van der Waals surface area contributed by atoms with E-state index in [2.05, 4.69) is 10.3 Å². The number of aliphatic hydroxyl groups excluding tert-OH is 1. The molecule has 0 aliphatic rings. The van der Waals surface area contributed by atoms with E-state index >= 15 is 0 Å². The lowest BCUT2D eigenvalue weighted by molar-refractivity contribution is 0.0938. The van der Waals surface area contributed by atoms with E-state index in [4.69, 9.17) is 5.11 Å². The molecule has 0 saturated heterocycles. The topological polar surface area (TPSA) is 115 Å². The average molecular weight is 255 g/mol. The van der Waals surface area contributed by atoms with Crippen LogP contribution in [0, 0.1) is 5.92 Å². The predicted molar refractivity (Wildman–Crippen MR) is 65.5 cm³/mol. The normalized spacial score (nSPS) is 12.1. The Morgan fingerprint density at radius 3 is 2.72 bits per heavy atom. The number of H-pyrrole nitrogens is 2. The third-order valence-corrected chi connectivity index (χ3v) is 2.67. The van der Waals surface area contributed by atoms with Gasteiger partial charge < -0.3 is 15.4 Å². The highest BCUT2D eigenvalue weighted by Gasteiger charge is 2.11. The molecule has 4 N–H and O–H groups in total. The Hall–Kier alpha value is -1.89. The molecule has 0 aliphatic carbocycles. The zero-order chi connectivity index (χ0) is 13.5. The van der Waals surface area contributed by atoms with Crippen molar-refractivity contribution in [3.8, 4) is 0 Å². The molecule has 0 bridgehead atoms. The van der Waals surface area contributed by atoms with E-state index in [0.717, 1.165) is 12.5 Å². The van der Waals surface area contributed by atoms with Crippen molar-refractivity contribution in [2.24, 2.45) is 5.92 Å². The molecule has 7 heteroatoms. The third kappa shape index (κ3) is 4.17. The van der Waals surface area contributed by atoms with Gasteiger partial charge in [-0.25, -0.2) is 4.79 Å². The van der Waals surface area contributed by atoms with Gasteiger partial charge in [-0.3, -0.25) is 14.6 Å². The molecule has 0 fully saturated rings. The summed E-state index contributed by atoms with van der Waals surface area (Å²) < 4.78 is 0. The van der Waals surface area contributed by atoms with Gasteiger partial charge in [-0.1, -0.05) is 13.3 Å². The minimum atomic E-state index is -0.713. The van der Waals surface area contributed by atoms with Crippen LogP contribution >= 0.6 is 0 Å². The number of amides is 1. The molecule has 1 amide bonds. The van der Waals surface area contributed by atoms with Gasteiger partial charge in [0, 0.05) is 19.2 Å². The summed E-state index contributed by atoms with van der Waals surface area (Å²) in [6.45, 7) is 2.42. The molecule has 1 rings (SSSR count). The Morgan fingerprint density at radius 1 is 1.44 bits per heavy atom. The number of aromatic nitrogens is 2. The molecular formula is C11H17N3O4. The minimum absolute atomic E-state index is 0.0657. The highest BCUT2D eigenvalue weighted by atomic mass is 16.3. The molecule has 0 radical (unpaired) electrons. The summed E-state index contributed by atoms with van der Waals surface area (Å²) in [6.07, 6.45) is 1.43. The number of carbonyl (C=O) groups excluding carboxylic acids is 1. The molecule has 7 nitrogen and oxygen atoms in total. The van der Waals surface area contributed by atoms with Crippen molar-refractivity contribution in [3.63, 3.8) is 0 Å². The number of hydrogen-bond acceptors (Lipinski definition) is 4. The van der Waals surface area contributed by atoms with Crippen molar-refractivity contribution >= 4 is 5.91 Å². The number of nitrogens with one attached hydrogen (secondary N) is 3. The van der Waals surface area contributed by atoms with E-state index < -0.39 is 17.2 Å². The first-order valence-electron chi connectivity index (χ1n) is 5.79. The van der Waals surface area contributed by atoms with Crippen molar-refractivity contribution in [1.29, 1.82) is 0 Å². The second kappa shape index (κ2) is 6.75. The maximum atomic E-state index is 11.7. The molecule has 100 valence electrons. The van der Waals surface area contributed by atoms with E-state index in [1.54, 1.807) is 0 Å². The Labute approximate surface area is 103 Å². The fourth-order valence-electron chi connectivity index (χ4n) is 1.56. The quantitative estimate of drug-likeness (QED) is 0.532. The van der Waals surface area contributed by atoms with Crippen molar-refractivity contribution in [1.82, 2.24) is 15.3 Å². The van der Waals surface area contributed by atoms with E-state index in [0.29, 0.717) is 13.0 Å². The predicted octanol–water partition coefficient (Wildman–Crippen LogP) is -0.798. The zero-order valence-electron chi connectivity index (χ0n) is 10.2. The van der Waals surface area contributed by atoms with Crippen molar-refractivity contribution in [3.05, 3.63) is 32.6 Å². The monoisotopic (exact) mass is 255 g/mol. The maximum Gasteiger partial charge on any atom is 0.326 e. The summed E-state index contributed by atoms with van der Waals surface area (Å²) in [7, 11) is 0. The van der Waals surface area contributed by atoms with Gasteiger partial charge in [0.2, 0.25) is 0 Å². The first-order valence-corrected chi connectivity index (χ1v) is 5.79. The molecule has 1 unspecified atom stereocenters. The smallest absolute Gasteiger partial charge is 0.326 e. The van der Waals surface area contributed by atoms with E-state index in [-0.39, 0.29) is 18.2 Å². The third-order valence-electron chi connectivity index (χ3n) is 2.67. The Balaban J connectivity index is 2.65. The average Bonchev–Trinajstić information content (AvgIpc) is 2.32. The van der Waals surface area contributed by atoms with Crippen LogP contribution in [0.3, 0.4) is 0 Å². The number of aliphatic hydroxyl groups is 1. The van der Waals surface area contributed by atoms with Crippen LogP contribution in [0.2, 0.25) is 0 Å². The van der Waals surface area contributed by atoms with Crippen LogP contribution in [0.15, 0.2) is 15.7 Å². The SMILES string of the molecule is CCC(CCO)CNC(=O)c1cc(=O)[nH]c(=O)[nH]1. The second-order valence-corrected chi connectivity index (χ2v) is 4.00. The van der Waals surface area contributed by atoms with E-state index in [9.17, 15) is 14.4 Å². The number of aromatic amines is 2. The lowest BCUT2D eigenvalue weighted by Crippen LogP contribution is -2.33. The van der Waals surface area contributed by atoms with E-state index in [1.807, 2.05) is 11.9 Å². The van der Waals surface area contributed by atoms with Gasteiger partial charge in [0.15, 0.2) is 0 Å². The molecule has 1 atom stereocenters. The van der Waals surface area contributed by atoms with Gasteiger partial charge in [0.25, 0.3) is 11.5 Å². The van der Waals surface area contributed by atoms with E-state index in [1.165, 1.54) is 0 Å². The van der Waals surface area contributed by atoms with Crippen molar-refractivity contribution in [2.45, 2.75) is 19.8 Å². The van der Waals surface area contributed by atoms with Crippen LogP contribution in [-0.4, -0.2) is 34.1 Å². The van der Waals surface area contributed by atoms with Gasteiger partial charge in [-0.15, -0.1) is 0 Å². The fourth-order valence-corrected chi connectivity index (χ4v) is 1.56. The van der Waals surface area contributed by atoms with Gasteiger partial charge in [0.1, 0.15) is 5.69 Å². The molecule has 0 aliphatic heterocycles. The van der Waals surface area contributed by atoms with Crippen LogP contribution in [0.4, 0.5) is 0 Å². The fraction of sp³-hybridized carbons (Fsp3) is 0.545. The summed E-state index contributed by atoms with van der Waals surface area (Å²) in [4.78, 5) is 37.9. The summed E-state index contributed by atoms with van der Waals surface area (Å²) in [5.74, 6) is -0.331. The standard InChI is InChI=1S/C11H17N3O4/c1-2-7(3-4-15)6-12-10(17)8-5-9(16)14-11(18)13-8/h5,7,15H,2-4,6H2,1H3,(H,12,17)(H2,13,14,16,18). The number of hydrogen-bond donors (Lipinski definition) is 4. The number of rotatable bonds is 6. The molecule has 1 heterocycles.